The summed E-state index contributed by atoms with van der Waals surface area (Å²) in [6.07, 6.45) is 3.24. The van der Waals surface area contributed by atoms with Crippen LogP contribution in [0.1, 0.15) is 18.9 Å². The molecular formula is C17H21N3OS. The lowest BCUT2D eigenvalue weighted by Crippen LogP contribution is -2.54. The van der Waals surface area contributed by atoms with Crippen molar-refractivity contribution in [3.05, 3.63) is 47.5 Å². The van der Waals surface area contributed by atoms with Crippen molar-refractivity contribution in [2.45, 2.75) is 25.8 Å². The third-order valence-corrected chi connectivity index (χ3v) is 4.94. The van der Waals surface area contributed by atoms with Crippen molar-refractivity contribution < 1.29 is 4.79 Å². The van der Waals surface area contributed by atoms with Crippen LogP contribution in [0.25, 0.3) is 0 Å². The smallest absolute Gasteiger partial charge is 0.223 e. The Hall–Kier alpha value is -1.88. The molecule has 1 fully saturated rings. The Balaban J connectivity index is 1.53. The highest BCUT2D eigenvalue weighted by atomic mass is 32.1. The SMILES string of the molecule is CC1CN(c2nccs2)CCN1C(=O)CCc1ccccc1. The molecule has 0 saturated carbocycles. The molecule has 22 heavy (non-hydrogen) atoms. The number of carbonyl (C=O) groups excluding carboxylic acids is 1. The van der Waals surface area contributed by atoms with Crippen molar-refractivity contribution in [2.24, 2.45) is 0 Å². The van der Waals surface area contributed by atoms with Crippen molar-refractivity contribution in [1.29, 1.82) is 0 Å². The van der Waals surface area contributed by atoms with E-state index in [-0.39, 0.29) is 11.9 Å². The van der Waals surface area contributed by atoms with Crippen molar-refractivity contribution in [3.63, 3.8) is 0 Å². The lowest BCUT2D eigenvalue weighted by atomic mass is 10.1. The van der Waals surface area contributed by atoms with Crippen LogP contribution in [0.15, 0.2) is 41.9 Å². The predicted molar refractivity (Wildman–Crippen MR) is 90.3 cm³/mol. The molecule has 0 aliphatic carbocycles. The number of rotatable bonds is 4. The molecule has 2 aromatic rings. The van der Waals surface area contributed by atoms with Gasteiger partial charge in [-0.25, -0.2) is 4.98 Å². The summed E-state index contributed by atoms with van der Waals surface area (Å²) in [5.74, 6) is 0.259. The minimum Gasteiger partial charge on any atom is -0.344 e. The number of aromatic nitrogens is 1. The Morgan fingerprint density at radius 2 is 2.14 bits per heavy atom. The van der Waals surface area contributed by atoms with Gasteiger partial charge >= 0.3 is 0 Å². The van der Waals surface area contributed by atoms with Crippen molar-refractivity contribution in [2.75, 3.05) is 24.5 Å². The topological polar surface area (TPSA) is 36.4 Å². The van der Waals surface area contributed by atoms with Gasteiger partial charge in [0.15, 0.2) is 5.13 Å². The summed E-state index contributed by atoms with van der Waals surface area (Å²) >= 11 is 1.66. The molecule has 1 aliphatic heterocycles. The highest BCUT2D eigenvalue weighted by Gasteiger charge is 2.27. The minimum atomic E-state index is 0.237. The second-order valence-corrected chi connectivity index (χ2v) is 6.56. The quantitative estimate of drug-likeness (QED) is 0.870. The molecule has 1 aromatic heterocycles. The van der Waals surface area contributed by atoms with Gasteiger partial charge in [0.1, 0.15) is 0 Å². The molecule has 1 aliphatic rings. The number of nitrogens with zero attached hydrogens (tertiary/aromatic N) is 3. The zero-order chi connectivity index (χ0) is 15.4. The third kappa shape index (κ3) is 3.47. The summed E-state index contributed by atoms with van der Waals surface area (Å²) in [5, 5.41) is 3.06. The van der Waals surface area contributed by atoms with Gasteiger partial charge in [0.25, 0.3) is 0 Å². The summed E-state index contributed by atoms with van der Waals surface area (Å²) in [7, 11) is 0. The summed E-state index contributed by atoms with van der Waals surface area (Å²) in [4.78, 5) is 21.1. The van der Waals surface area contributed by atoms with Crippen molar-refractivity contribution in [1.82, 2.24) is 9.88 Å². The first-order chi connectivity index (χ1) is 10.7. The highest BCUT2D eigenvalue weighted by molar-refractivity contribution is 7.13. The van der Waals surface area contributed by atoms with Crippen LogP contribution < -0.4 is 4.90 Å². The number of anilines is 1. The lowest BCUT2D eigenvalue weighted by Gasteiger charge is -2.39. The van der Waals surface area contributed by atoms with E-state index in [1.165, 1.54) is 5.56 Å². The first kappa shape index (κ1) is 15.0. The third-order valence-electron chi connectivity index (χ3n) is 4.11. The molecule has 0 N–H and O–H groups in total. The van der Waals surface area contributed by atoms with Crippen LogP contribution in [0.4, 0.5) is 5.13 Å². The number of piperazine rings is 1. The van der Waals surface area contributed by atoms with Crippen LogP contribution in [-0.2, 0) is 11.2 Å². The zero-order valence-corrected chi connectivity index (χ0v) is 13.6. The van der Waals surface area contributed by atoms with E-state index in [4.69, 9.17) is 0 Å². The van der Waals surface area contributed by atoms with Gasteiger partial charge in [-0.3, -0.25) is 4.79 Å². The monoisotopic (exact) mass is 315 g/mol. The molecular weight excluding hydrogens is 294 g/mol. The molecule has 1 aromatic carbocycles. The van der Waals surface area contributed by atoms with Crippen molar-refractivity contribution >= 4 is 22.4 Å². The summed E-state index contributed by atoms with van der Waals surface area (Å²) in [6, 6.07) is 10.4. The number of amides is 1. The molecule has 0 radical (unpaired) electrons. The summed E-state index contributed by atoms with van der Waals surface area (Å²) in [5.41, 5.74) is 1.23. The molecule has 0 bridgehead atoms. The maximum absolute atomic E-state index is 12.5. The number of aryl methyl sites for hydroxylation is 1. The normalized spacial score (nSPS) is 18.5. The van der Waals surface area contributed by atoms with E-state index in [1.807, 2.05) is 34.7 Å². The molecule has 1 amide bonds. The average Bonchev–Trinajstić information content (AvgIpc) is 3.08. The van der Waals surface area contributed by atoms with Crippen LogP contribution in [0, 0.1) is 0 Å². The molecule has 3 rings (SSSR count). The van der Waals surface area contributed by atoms with E-state index < -0.39 is 0 Å². The first-order valence-corrected chi connectivity index (χ1v) is 8.60. The van der Waals surface area contributed by atoms with Crippen LogP contribution in [-0.4, -0.2) is 41.5 Å². The Morgan fingerprint density at radius 3 is 2.82 bits per heavy atom. The van der Waals surface area contributed by atoms with E-state index in [9.17, 15) is 4.79 Å². The number of hydrogen-bond acceptors (Lipinski definition) is 4. The first-order valence-electron chi connectivity index (χ1n) is 7.72. The Labute approximate surface area is 135 Å². The van der Waals surface area contributed by atoms with Gasteiger partial charge in [0.2, 0.25) is 5.91 Å². The largest absolute Gasteiger partial charge is 0.344 e. The predicted octanol–water partition coefficient (Wildman–Crippen LogP) is 2.81. The summed E-state index contributed by atoms with van der Waals surface area (Å²) < 4.78 is 0. The highest BCUT2D eigenvalue weighted by Crippen LogP contribution is 2.21. The standard InChI is InChI=1S/C17H21N3OS/c1-14-13-19(17-18-9-12-22-17)10-11-20(14)16(21)8-7-15-5-3-2-4-6-15/h2-6,9,12,14H,7-8,10-11,13H2,1H3. The van der Waals surface area contributed by atoms with E-state index in [0.717, 1.165) is 31.2 Å². The van der Waals surface area contributed by atoms with E-state index >= 15 is 0 Å². The fraction of sp³-hybridized carbons (Fsp3) is 0.412. The second kappa shape index (κ2) is 6.92. The molecule has 5 heteroatoms. The molecule has 4 nitrogen and oxygen atoms in total. The minimum absolute atomic E-state index is 0.237. The number of carbonyl (C=O) groups is 1. The molecule has 1 unspecified atom stereocenters. The van der Waals surface area contributed by atoms with Crippen LogP contribution >= 0.6 is 11.3 Å². The lowest BCUT2D eigenvalue weighted by molar-refractivity contribution is -0.133. The maximum Gasteiger partial charge on any atom is 0.223 e. The second-order valence-electron chi connectivity index (χ2n) is 5.68. The van der Waals surface area contributed by atoms with Crippen molar-refractivity contribution in [3.8, 4) is 0 Å². The van der Waals surface area contributed by atoms with Gasteiger partial charge in [-0.2, -0.15) is 0 Å². The van der Waals surface area contributed by atoms with Crippen LogP contribution in [0.5, 0.6) is 0 Å². The van der Waals surface area contributed by atoms with Gasteiger partial charge in [0, 0.05) is 43.7 Å². The van der Waals surface area contributed by atoms with E-state index in [2.05, 4.69) is 28.9 Å². The number of benzene rings is 1. The van der Waals surface area contributed by atoms with Gasteiger partial charge in [-0.05, 0) is 18.9 Å². The van der Waals surface area contributed by atoms with Gasteiger partial charge in [-0.15, -0.1) is 11.3 Å². The van der Waals surface area contributed by atoms with Crippen LogP contribution in [0.2, 0.25) is 0 Å². The molecule has 116 valence electrons. The fourth-order valence-electron chi connectivity index (χ4n) is 2.91. The molecule has 1 saturated heterocycles. The van der Waals surface area contributed by atoms with Gasteiger partial charge in [-0.1, -0.05) is 30.3 Å². The Kier molecular flexibility index (Phi) is 4.73. The zero-order valence-electron chi connectivity index (χ0n) is 12.8. The Morgan fingerprint density at radius 1 is 1.32 bits per heavy atom. The Bertz CT molecular complexity index is 600. The fourth-order valence-corrected chi connectivity index (χ4v) is 3.59. The average molecular weight is 315 g/mol. The number of thiazole rings is 1. The molecule has 0 spiro atoms. The van der Waals surface area contributed by atoms with Gasteiger partial charge in [0.05, 0.1) is 0 Å². The van der Waals surface area contributed by atoms with E-state index in [1.54, 1.807) is 11.3 Å². The van der Waals surface area contributed by atoms with E-state index in [0.29, 0.717) is 6.42 Å². The van der Waals surface area contributed by atoms with Crippen LogP contribution in [0.3, 0.4) is 0 Å². The molecule has 2 heterocycles. The summed E-state index contributed by atoms with van der Waals surface area (Å²) in [6.45, 7) is 4.65. The number of hydrogen-bond donors (Lipinski definition) is 0. The van der Waals surface area contributed by atoms with Gasteiger partial charge < -0.3 is 9.80 Å². The molecule has 1 atom stereocenters. The maximum atomic E-state index is 12.5.